The van der Waals surface area contributed by atoms with Crippen molar-refractivity contribution in [3.05, 3.63) is 39.8 Å². The molecule has 2 N–H and O–H groups in total. The zero-order chi connectivity index (χ0) is 15.1. The second kappa shape index (κ2) is 4.94. The van der Waals surface area contributed by atoms with Crippen LogP contribution in [0.25, 0.3) is 11.1 Å². The van der Waals surface area contributed by atoms with E-state index in [0.717, 1.165) is 10.9 Å². The number of hydrogen-bond acceptors (Lipinski definition) is 3. The van der Waals surface area contributed by atoms with Crippen LogP contribution in [0, 0.1) is 13.8 Å². The van der Waals surface area contributed by atoms with Gasteiger partial charge in [-0.05, 0) is 25.5 Å². The summed E-state index contributed by atoms with van der Waals surface area (Å²) in [5.74, 6) is 0. The highest BCUT2D eigenvalue weighted by molar-refractivity contribution is 7.16. The Hall–Kier alpha value is -1.82. The first-order valence-electron chi connectivity index (χ1n) is 5.78. The Balaban J connectivity index is 2.88. The van der Waals surface area contributed by atoms with Crippen molar-refractivity contribution in [1.82, 2.24) is 0 Å². The van der Waals surface area contributed by atoms with E-state index >= 15 is 0 Å². The minimum atomic E-state index is -4.54. The van der Waals surface area contributed by atoms with Crippen molar-refractivity contribution in [3.63, 3.8) is 0 Å². The Morgan fingerprint density at radius 1 is 1.20 bits per heavy atom. The van der Waals surface area contributed by atoms with E-state index in [1.54, 1.807) is 13.8 Å². The second-order valence-electron chi connectivity index (χ2n) is 4.41. The van der Waals surface area contributed by atoms with Gasteiger partial charge in [-0.1, -0.05) is 12.1 Å². The third kappa shape index (κ3) is 2.31. The highest BCUT2D eigenvalue weighted by atomic mass is 32.1. The monoisotopic (exact) mass is 299 g/mol. The Morgan fingerprint density at radius 3 is 2.30 bits per heavy atom. The maximum atomic E-state index is 13.2. The number of hydrogen-bond donors (Lipinski definition) is 1. The maximum absolute atomic E-state index is 13.2. The van der Waals surface area contributed by atoms with Crippen molar-refractivity contribution >= 4 is 22.6 Å². The van der Waals surface area contributed by atoms with E-state index in [-0.39, 0.29) is 11.1 Å². The molecule has 1 heterocycles. The Labute approximate surface area is 118 Å². The number of halogens is 3. The van der Waals surface area contributed by atoms with Crippen LogP contribution in [0.3, 0.4) is 0 Å². The minimum absolute atomic E-state index is 0.00701. The quantitative estimate of drug-likeness (QED) is 0.833. The van der Waals surface area contributed by atoms with Gasteiger partial charge in [-0.25, -0.2) is 0 Å². The molecule has 0 saturated heterocycles. The summed E-state index contributed by atoms with van der Waals surface area (Å²) in [5, 5.41) is 0.291. The van der Waals surface area contributed by atoms with Crippen molar-refractivity contribution in [1.29, 1.82) is 0 Å². The summed E-state index contributed by atoms with van der Waals surface area (Å²) in [6.45, 7) is 3.50. The fourth-order valence-electron chi connectivity index (χ4n) is 2.15. The van der Waals surface area contributed by atoms with Crippen molar-refractivity contribution in [2.45, 2.75) is 20.0 Å². The molecule has 0 fully saturated rings. The summed E-state index contributed by atoms with van der Waals surface area (Å²) in [7, 11) is 0. The lowest BCUT2D eigenvalue weighted by atomic mass is 9.93. The Bertz CT molecular complexity index is 674. The molecule has 0 amide bonds. The van der Waals surface area contributed by atoms with Gasteiger partial charge in [0.25, 0.3) is 0 Å². The van der Waals surface area contributed by atoms with Crippen LogP contribution in [0.2, 0.25) is 0 Å². The molecule has 0 radical (unpaired) electrons. The molecule has 1 aromatic carbocycles. The van der Waals surface area contributed by atoms with Crippen molar-refractivity contribution in [3.8, 4) is 11.1 Å². The lowest BCUT2D eigenvalue weighted by molar-refractivity contribution is -0.137. The fourth-order valence-corrected chi connectivity index (χ4v) is 3.09. The first-order valence-corrected chi connectivity index (χ1v) is 6.60. The molecule has 2 rings (SSSR count). The van der Waals surface area contributed by atoms with Crippen LogP contribution < -0.4 is 5.73 Å². The van der Waals surface area contributed by atoms with Crippen LogP contribution in [-0.4, -0.2) is 6.29 Å². The van der Waals surface area contributed by atoms with Crippen molar-refractivity contribution in [2.24, 2.45) is 0 Å². The Morgan fingerprint density at radius 2 is 1.85 bits per heavy atom. The topological polar surface area (TPSA) is 43.1 Å². The number of alkyl halides is 3. The normalized spacial score (nSPS) is 11.7. The van der Waals surface area contributed by atoms with E-state index in [9.17, 15) is 18.0 Å². The minimum Gasteiger partial charge on any atom is -0.390 e. The number of carbonyl (C=O) groups excluding carboxylic acids is 1. The second-order valence-corrected chi connectivity index (χ2v) is 5.66. The van der Waals surface area contributed by atoms with Gasteiger partial charge in [-0.3, -0.25) is 4.79 Å². The molecular weight excluding hydrogens is 287 g/mol. The van der Waals surface area contributed by atoms with Gasteiger partial charge < -0.3 is 5.73 Å². The summed E-state index contributed by atoms with van der Waals surface area (Å²) < 4.78 is 39.5. The molecule has 0 aliphatic carbocycles. The molecule has 0 aliphatic heterocycles. The number of aldehydes is 1. The molecule has 6 heteroatoms. The van der Waals surface area contributed by atoms with E-state index in [1.807, 2.05) is 0 Å². The molecule has 106 valence electrons. The van der Waals surface area contributed by atoms with Crippen molar-refractivity contribution in [2.75, 3.05) is 5.73 Å². The molecule has 0 spiro atoms. The molecule has 0 atom stereocenters. The first kappa shape index (κ1) is 14.6. The maximum Gasteiger partial charge on any atom is 0.417 e. The van der Waals surface area contributed by atoms with Gasteiger partial charge in [0.2, 0.25) is 0 Å². The van der Waals surface area contributed by atoms with Crippen LogP contribution in [0.15, 0.2) is 18.2 Å². The van der Waals surface area contributed by atoms with Gasteiger partial charge in [0.05, 0.1) is 10.6 Å². The average Bonchev–Trinajstić information content (AvgIpc) is 2.61. The van der Waals surface area contributed by atoms with Crippen molar-refractivity contribution < 1.29 is 18.0 Å². The van der Waals surface area contributed by atoms with Crippen LogP contribution >= 0.6 is 11.3 Å². The highest BCUT2D eigenvalue weighted by Gasteiger charge is 2.35. The van der Waals surface area contributed by atoms with Crippen LogP contribution in [0.5, 0.6) is 0 Å². The van der Waals surface area contributed by atoms with Gasteiger partial charge in [-0.15, -0.1) is 11.3 Å². The summed E-state index contributed by atoms with van der Waals surface area (Å²) >= 11 is 1.22. The smallest absolute Gasteiger partial charge is 0.390 e. The SMILES string of the molecule is Cc1sc(N)c(-c2c(C=O)cccc2C(F)(F)F)c1C. The average molecular weight is 299 g/mol. The summed E-state index contributed by atoms with van der Waals surface area (Å²) in [6.07, 6.45) is -4.11. The number of rotatable bonds is 2. The number of nitrogens with two attached hydrogens (primary N) is 1. The predicted octanol–water partition coefficient (Wildman–Crippen LogP) is 4.45. The van der Waals surface area contributed by atoms with Gasteiger partial charge in [0, 0.05) is 21.6 Å². The number of aryl methyl sites for hydroxylation is 1. The van der Waals surface area contributed by atoms with Crippen LogP contribution in [0.4, 0.5) is 18.2 Å². The summed E-state index contributed by atoms with van der Waals surface area (Å²) in [6, 6.07) is 3.55. The van der Waals surface area contributed by atoms with Crippen LogP contribution in [0.1, 0.15) is 26.4 Å². The number of carbonyl (C=O) groups is 1. The molecule has 0 bridgehead atoms. The fraction of sp³-hybridized carbons (Fsp3) is 0.214. The molecule has 0 unspecified atom stereocenters. The number of benzene rings is 1. The van der Waals surface area contributed by atoms with E-state index < -0.39 is 11.7 Å². The molecule has 2 nitrogen and oxygen atoms in total. The van der Waals surface area contributed by atoms with Gasteiger partial charge >= 0.3 is 6.18 Å². The third-order valence-corrected chi connectivity index (χ3v) is 4.23. The molecular formula is C14H12F3NOS. The zero-order valence-corrected chi connectivity index (χ0v) is 11.7. The lowest BCUT2D eigenvalue weighted by Gasteiger charge is -2.15. The molecule has 2 aromatic rings. The number of thiophene rings is 1. The largest absolute Gasteiger partial charge is 0.417 e. The van der Waals surface area contributed by atoms with E-state index in [1.165, 1.54) is 23.5 Å². The zero-order valence-electron chi connectivity index (χ0n) is 10.8. The van der Waals surface area contributed by atoms with E-state index in [0.29, 0.717) is 22.4 Å². The molecule has 1 aromatic heterocycles. The highest BCUT2D eigenvalue weighted by Crippen LogP contribution is 2.45. The van der Waals surface area contributed by atoms with E-state index in [2.05, 4.69) is 0 Å². The van der Waals surface area contributed by atoms with Gasteiger partial charge in [0.15, 0.2) is 6.29 Å². The predicted molar refractivity (Wildman–Crippen MR) is 74.0 cm³/mol. The number of nitrogen functional groups attached to an aromatic ring is 1. The Kier molecular flexibility index (Phi) is 3.60. The molecule has 0 aliphatic rings. The van der Waals surface area contributed by atoms with Gasteiger partial charge in [-0.2, -0.15) is 13.2 Å². The lowest BCUT2D eigenvalue weighted by Crippen LogP contribution is -2.09. The molecule has 0 saturated carbocycles. The summed E-state index contributed by atoms with van der Waals surface area (Å²) in [5.41, 5.74) is 5.85. The number of anilines is 1. The van der Waals surface area contributed by atoms with Gasteiger partial charge in [0.1, 0.15) is 0 Å². The first-order chi connectivity index (χ1) is 9.27. The standard InChI is InChI=1S/C14H12F3NOS/c1-7-8(2)20-13(18)11(7)12-9(6-19)4-3-5-10(12)14(15,16)17/h3-6H,18H2,1-2H3. The third-order valence-electron chi connectivity index (χ3n) is 3.19. The summed E-state index contributed by atoms with van der Waals surface area (Å²) in [4.78, 5) is 11.9. The van der Waals surface area contributed by atoms with E-state index in [4.69, 9.17) is 5.73 Å². The molecule has 20 heavy (non-hydrogen) atoms. The van der Waals surface area contributed by atoms with Crippen LogP contribution in [-0.2, 0) is 6.18 Å².